The normalized spacial score (nSPS) is 11.4. The van der Waals surface area contributed by atoms with E-state index in [1.165, 1.54) is 32.4 Å². The van der Waals surface area contributed by atoms with Gasteiger partial charge in [-0.3, -0.25) is 9.52 Å². The second-order valence-electron chi connectivity index (χ2n) is 6.69. The highest BCUT2D eigenvalue weighted by Gasteiger charge is 2.31. The highest BCUT2D eigenvalue weighted by Crippen LogP contribution is 2.30. The molecule has 0 saturated carbocycles. The Labute approximate surface area is 193 Å². The number of carbonyl (C=O) groups is 1. The molecule has 0 atom stereocenters. The van der Waals surface area contributed by atoms with Crippen LogP contribution in [0.3, 0.4) is 0 Å². The van der Waals surface area contributed by atoms with Crippen molar-refractivity contribution in [3.05, 3.63) is 72.3 Å². The number of methoxy groups -OCH3 is 2. The Morgan fingerprint density at radius 2 is 1.50 bits per heavy atom. The number of nitrogens with one attached hydrogen (secondary N) is 2. The van der Waals surface area contributed by atoms with Crippen molar-refractivity contribution < 1.29 is 40.6 Å². The highest BCUT2D eigenvalue weighted by molar-refractivity contribution is 7.92. The number of alkyl halides is 3. The molecule has 0 radical (unpaired) electrons. The maximum atomic E-state index is 12.9. The van der Waals surface area contributed by atoms with Crippen LogP contribution < -0.4 is 24.2 Å². The second-order valence-corrected chi connectivity index (χ2v) is 8.37. The lowest BCUT2D eigenvalue weighted by Gasteiger charge is -2.15. The first-order valence-electron chi connectivity index (χ1n) is 9.53. The molecule has 8 nitrogen and oxygen atoms in total. The summed E-state index contributed by atoms with van der Waals surface area (Å²) in [6.45, 7) is 0. The molecule has 3 rings (SSSR count). The molecule has 0 aromatic heterocycles. The summed E-state index contributed by atoms with van der Waals surface area (Å²) in [4.78, 5) is 12.6. The molecule has 0 unspecified atom stereocenters. The van der Waals surface area contributed by atoms with Crippen LogP contribution in [0.25, 0.3) is 0 Å². The molecule has 0 aliphatic heterocycles. The minimum absolute atomic E-state index is 0.000899. The number of hydrogen-bond donors (Lipinski definition) is 2. The number of benzene rings is 3. The summed E-state index contributed by atoms with van der Waals surface area (Å²) in [5.74, 6) is -0.364. The number of halogens is 3. The molecule has 12 heteroatoms. The third-order valence-electron chi connectivity index (χ3n) is 4.44. The molecule has 3 aromatic rings. The predicted molar refractivity (Wildman–Crippen MR) is 118 cm³/mol. The maximum absolute atomic E-state index is 12.9. The Balaban J connectivity index is 1.83. The molecule has 1 amide bonds. The minimum atomic E-state index is -4.91. The third-order valence-corrected chi connectivity index (χ3v) is 5.82. The monoisotopic (exact) mass is 496 g/mol. The topological polar surface area (TPSA) is 103 Å². The van der Waals surface area contributed by atoms with E-state index in [9.17, 15) is 26.4 Å². The van der Waals surface area contributed by atoms with Gasteiger partial charge in [-0.05, 0) is 48.5 Å². The van der Waals surface area contributed by atoms with Gasteiger partial charge in [-0.2, -0.15) is 0 Å². The number of ether oxygens (including phenoxy) is 3. The predicted octanol–water partition coefficient (Wildman–Crippen LogP) is 4.66. The number of sulfonamides is 1. The van der Waals surface area contributed by atoms with E-state index in [1.54, 1.807) is 24.3 Å². The first-order chi connectivity index (χ1) is 16.0. The molecule has 0 bridgehead atoms. The summed E-state index contributed by atoms with van der Waals surface area (Å²) >= 11 is 0. The van der Waals surface area contributed by atoms with Crippen molar-refractivity contribution in [3.63, 3.8) is 0 Å². The van der Waals surface area contributed by atoms with E-state index in [0.717, 1.165) is 24.3 Å². The van der Waals surface area contributed by atoms with Crippen LogP contribution in [0.4, 0.5) is 24.5 Å². The molecule has 34 heavy (non-hydrogen) atoms. The van der Waals surface area contributed by atoms with Gasteiger partial charge < -0.3 is 19.5 Å². The second kappa shape index (κ2) is 9.91. The summed E-state index contributed by atoms with van der Waals surface area (Å²) in [7, 11) is -1.34. The number of rotatable bonds is 8. The van der Waals surface area contributed by atoms with Crippen molar-refractivity contribution in [1.29, 1.82) is 0 Å². The summed E-state index contributed by atoms with van der Waals surface area (Å²) in [6.07, 6.45) is -4.91. The van der Waals surface area contributed by atoms with Gasteiger partial charge in [0, 0.05) is 6.07 Å². The Kier molecular flexibility index (Phi) is 7.20. The zero-order valence-corrected chi connectivity index (χ0v) is 18.7. The molecular formula is C22H19F3N2O6S. The van der Waals surface area contributed by atoms with Crippen molar-refractivity contribution in [2.24, 2.45) is 0 Å². The zero-order valence-electron chi connectivity index (χ0n) is 17.8. The molecule has 0 heterocycles. The molecule has 0 aliphatic carbocycles. The van der Waals surface area contributed by atoms with Gasteiger partial charge in [0.25, 0.3) is 15.9 Å². The number of para-hydroxylation sites is 1. The molecule has 0 fully saturated rings. The van der Waals surface area contributed by atoms with Gasteiger partial charge in [0.05, 0.1) is 36.1 Å². The van der Waals surface area contributed by atoms with Crippen LogP contribution in [0.1, 0.15) is 10.4 Å². The van der Waals surface area contributed by atoms with Gasteiger partial charge in [-0.15, -0.1) is 13.2 Å². The summed E-state index contributed by atoms with van der Waals surface area (Å²) in [6, 6.07) is 14.2. The fraction of sp³-hybridized carbons (Fsp3) is 0.136. The van der Waals surface area contributed by atoms with Gasteiger partial charge in [0.2, 0.25) is 0 Å². The molecular weight excluding hydrogens is 477 g/mol. The summed E-state index contributed by atoms with van der Waals surface area (Å²) in [5.41, 5.74) is 0.287. The molecule has 3 aromatic carbocycles. The third kappa shape index (κ3) is 6.10. The first-order valence-corrected chi connectivity index (χ1v) is 11.0. The van der Waals surface area contributed by atoms with Crippen LogP contribution in [0.15, 0.2) is 71.6 Å². The lowest BCUT2D eigenvalue weighted by Crippen LogP contribution is -2.19. The summed E-state index contributed by atoms with van der Waals surface area (Å²) < 4.78 is 78.9. The van der Waals surface area contributed by atoms with E-state index in [0.29, 0.717) is 17.2 Å². The lowest BCUT2D eigenvalue weighted by molar-refractivity contribution is -0.274. The van der Waals surface area contributed by atoms with Crippen molar-refractivity contribution in [3.8, 4) is 17.2 Å². The Morgan fingerprint density at radius 3 is 2.12 bits per heavy atom. The Hall–Kier alpha value is -3.93. The van der Waals surface area contributed by atoms with E-state index in [4.69, 9.17) is 9.47 Å². The van der Waals surface area contributed by atoms with Crippen LogP contribution in [-0.2, 0) is 10.0 Å². The van der Waals surface area contributed by atoms with Gasteiger partial charge in [0.1, 0.15) is 17.2 Å². The van der Waals surface area contributed by atoms with Crippen LogP contribution in [0, 0.1) is 0 Å². The van der Waals surface area contributed by atoms with Crippen molar-refractivity contribution >= 4 is 27.3 Å². The highest BCUT2D eigenvalue weighted by atomic mass is 32.2. The van der Waals surface area contributed by atoms with Gasteiger partial charge in [-0.25, -0.2) is 8.42 Å². The van der Waals surface area contributed by atoms with Crippen LogP contribution in [0.2, 0.25) is 0 Å². The van der Waals surface area contributed by atoms with Gasteiger partial charge >= 0.3 is 6.36 Å². The molecule has 0 spiro atoms. The minimum Gasteiger partial charge on any atom is -0.497 e. The Bertz CT molecular complexity index is 1280. The summed E-state index contributed by atoms with van der Waals surface area (Å²) in [5, 5.41) is 2.65. The molecule has 0 aliphatic rings. The number of carbonyl (C=O) groups excluding carboxylic acids is 1. The standard InChI is InChI=1S/C22H19F3N2O6S/c1-31-15-9-12-19(20(13-15)32-2)26-21(28)17-5-3-4-6-18(17)27-34(29,30)16-10-7-14(8-11-16)33-22(23,24)25/h3-13,27H,1-2H3,(H,26,28). The van der Waals surface area contributed by atoms with E-state index in [1.807, 2.05) is 0 Å². The van der Waals surface area contributed by atoms with Crippen LogP contribution in [-0.4, -0.2) is 34.9 Å². The smallest absolute Gasteiger partial charge is 0.497 e. The fourth-order valence-corrected chi connectivity index (χ4v) is 3.97. The van der Waals surface area contributed by atoms with Crippen LogP contribution in [0.5, 0.6) is 17.2 Å². The molecule has 2 N–H and O–H groups in total. The van der Waals surface area contributed by atoms with Gasteiger partial charge in [-0.1, -0.05) is 12.1 Å². The van der Waals surface area contributed by atoms with E-state index in [2.05, 4.69) is 14.8 Å². The fourth-order valence-electron chi connectivity index (χ4n) is 2.89. The first kappa shape index (κ1) is 24.7. The van der Waals surface area contributed by atoms with Crippen LogP contribution >= 0.6 is 0 Å². The van der Waals surface area contributed by atoms with Crippen molar-refractivity contribution in [1.82, 2.24) is 0 Å². The van der Waals surface area contributed by atoms with Crippen molar-refractivity contribution in [2.45, 2.75) is 11.3 Å². The zero-order chi connectivity index (χ0) is 24.9. The van der Waals surface area contributed by atoms with E-state index < -0.39 is 28.0 Å². The number of amides is 1. The molecule has 0 saturated heterocycles. The quantitative estimate of drug-likeness (QED) is 0.471. The lowest BCUT2D eigenvalue weighted by atomic mass is 10.1. The number of anilines is 2. The SMILES string of the molecule is COc1ccc(NC(=O)c2ccccc2NS(=O)(=O)c2ccc(OC(F)(F)F)cc2)c(OC)c1. The average Bonchev–Trinajstić information content (AvgIpc) is 2.78. The largest absolute Gasteiger partial charge is 0.573 e. The van der Waals surface area contributed by atoms with Crippen molar-refractivity contribution in [2.75, 3.05) is 24.3 Å². The maximum Gasteiger partial charge on any atom is 0.573 e. The van der Waals surface area contributed by atoms with E-state index in [-0.39, 0.29) is 16.1 Å². The number of hydrogen-bond acceptors (Lipinski definition) is 6. The average molecular weight is 496 g/mol. The van der Waals surface area contributed by atoms with E-state index >= 15 is 0 Å². The van der Waals surface area contributed by atoms with Gasteiger partial charge in [0.15, 0.2) is 0 Å². The Morgan fingerprint density at radius 1 is 0.853 bits per heavy atom. The molecule has 180 valence electrons.